The normalized spacial score (nSPS) is 13.4. The lowest BCUT2D eigenvalue weighted by atomic mass is 10.2. The number of ether oxygens (including phenoxy) is 2. The molecular weight excluding hydrogens is 382 g/mol. The molecule has 0 spiro atoms. The highest BCUT2D eigenvalue weighted by atomic mass is 32.2. The molecule has 1 aliphatic rings. The number of nitriles is 1. The molecule has 0 aliphatic heterocycles. The fourth-order valence-electron chi connectivity index (χ4n) is 2.46. The van der Waals surface area contributed by atoms with E-state index < -0.39 is 15.9 Å². The van der Waals surface area contributed by atoms with Crippen molar-refractivity contribution in [3.63, 3.8) is 0 Å². The summed E-state index contributed by atoms with van der Waals surface area (Å²) in [6.07, 6.45) is 1.64. The van der Waals surface area contributed by atoms with E-state index in [-0.39, 0.29) is 29.0 Å². The third-order valence-electron chi connectivity index (χ3n) is 4.02. The molecule has 2 aromatic rings. The van der Waals surface area contributed by atoms with Crippen molar-refractivity contribution in [2.45, 2.75) is 23.8 Å². The Hall–Kier alpha value is -3.09. The molecule has 0 bridgehead atoms. The van der Waals surface area contributed by atoms with Crippen LogP contribution in [0, 0.1) is 11.3 Å². The van der Waals surface area contributed by atoms with Crippen LogP contribution in [0.3, 0.4) is 0 Å². The van der Waals surface area contributed by atoms with E-state index >= 15 is 0 Å². The number of methoxy groups -OCH3 is 1. The Morgan fingerprint density at radius 2 is 1.96 bits per heavy atom. The first kappa shape index (κ1) is 19.7. The molecule has 0 unspecified atom stereocenters. The molecule has 1 aliphatic carbocycles. The zero-order chi connectivity index (χ0) is 20.1. The number of nitrogens with zero attached hydrogens (tertiary/aromatic N) is 1. The summed E-state index contributed by atoms with van der Waals surface area (Å²) in [4.78, 5) is 12.3. The summed E-state index contributed by atoms with van der Waals surface area (Å²) in [6, 6.07) is 12.7. The number of amides is 1. The maximum Gasteiger partial charge on any atom is 0.262 e. The van der Waals surface area contributed by atoms with E-state index in [4.69, 9.17) is 14.7 Å². The molecule has 3 rings (SSSR count). The number of carbonyl (C=O) groups is 1. The number of hydrogen-bond acceptors (Lipinski definition) is 6. The number of hydrogen-bond donors (Lipinski definition) is 2. The molecule has 9 heteroatoms. The van der Waals surface area contributed by atoms with Crippen molar-refractivity contribution in [2.24, 2.45) is 0 Å². The van der Waals surface area contributed by atoms with Gasteiger partial charge in [0.2, 0.25) is 10.0 Å². The van der Waals surface area contributed by atoms with Gasteiger partial charge in [0.15, 0.2) is 6.61 Å². The van der Waals surface area contributed by atoms with Gasteiger partial charge in [-0.25, -0.2) is 13.1 Å². The molecule has 1 fully saturated rings. The third kappa shape index (κ3) is 4.79. The van der Waals surface area contributed by atoms with E-state index in [1.165, 1.54) is 25.3 Å². The second-order valence-corrected chi connectivity index (χ2v) is 7.92. The summed E-state index contributed by atoms with van der Waals surface area (Å²) in [7, 11) is -2.25. The summed E-state index contributed by atoms with van der Waals surface area (Å²) in [5.74, 6) is 0.0870. The topological polar surface area (TPSA) is 118 Å². The number of sulfonamides is 1. The molecule has 0 aromatic heterocycles. The van der Waals surface area contributed by atoms with E-state index in [9.17, 15) is 13.2 Å². The fourth-order valence-corrected chi connectivity index (χ4v) is 3.79. The number of rotatable bonds is 8. The Balaban J connectivity index is 1.72. The lowest BCUT2D eigenvalue weighted by Crippen LogP contribution is -2.26. The van der Waals surface area contributed by atoms with Crippen LogP contribution in [-0.4, -0.2) is 34.1 Å². The second-order valence-electron chi connectivity index (χ2n) is 6.20. The molecule has 2 N–H and O–H groups in total. The van der Waals surface area contributed by atoms with Crippen molar-refractivity contribution in [1.29, 1.82) is 5.26 Å². The van der Waals surface area contributed by atoms with Crippen LogP contribution in [0.2, 0.25) is 0 Å². The monoisotopic (exact) mass is 401 g/mol. The van der Waals surface area contributed by atoms with Crippen molar-refractivity contribution in [3.05, 3.63) is 48.0 Å². The van der Waals surface area contributed by atoms with Crippen molar-refractivity contribution in [2.75, 3.05) is 19.0 Å². The second kappa shape index (κ2) is 8.29. The van der Waals surface area contributed by atoms with Gasteiger partial charge in [0.05, 0.1) is 23.3 Å². The SMILES string of the molecule is COc1ccc(S(=O)(=O)NC2CC2)cc1NC(=O)COc1ccccc1C#N. The van der Waals surface area contributed by atoms with E-state index in [2.05, 4.69) is 10.0 Å². The number of nitrogens with one attached hydrogen (secondary N) is 2. The van der Waals surface area contributed by atoms with Crippen molar-refractivity contribution < 1.29 is 22.7 Å². The van der Waals surface area contributed by atoms with Gasteiger partial charge in [-0.1, -0.05) is 12.1 Å². The summed E-state index contributed by atoms with van der Waals surface area (Å²) in [5.41, 5.74) is 0.524. The molecule has 0 heterocycles. The molecule has 1 amide bonds. The largest absolute Gasteiger partial charge is 0.495 e. The summed E-state index contributed by atoms with van der Waals surface area (Å²) in [5, 5.41) is 11.6. The smallest absolute Gasteiger partial charge is 0.262 e. The van der Waals surface area contributed by atoms with Crippen LogP contribution in [0.25, 0.3) is 0 Å². The molecule has 1 saturated carbocycles. The first-order chi connectivity index (χ1) is 13.4. The van der Waals surface area contributed by atoms with E-state index in [0.717, 1.165) is 12.8 Å². The molecule has 8 nitrogen and oxygen atoms in total. The van der Waals surface area contributed by atoms with Gasteiger partial charge in [-0.05, 0) is 43.2 Å². The average Bonchev–Trinajstić information content (AvgIpc) is 3.49. The molecule has 146 valence electrons. The Morgan fingerprint density at radius 1 is 1.21 bits per heavy atom. The van der Waals surface area contributed by atoms with E-state index in [1.807, 2.05) is 6.07 Å². The van der Waals surface area contributed by atoms with Crippen LogP contribution in [0.5, 0.6) is 11.5 Å². The van der Waals surface area contributed by atoms with Crippen LogP contribution in [-0.2, 0) is 14.8 Å². The quantitative estimate of drug-likeness (QED) is 0.699. The lowest BCUT2D eigenvalue weighted by Gasteiger charge is -2.13. The number of anilines is 1. The minimum Gasteiger partial charge on any atom is -0.495 e. The number of carbonyl (C=O) groups excluding carboxylic acids is 1. The molecular formula is C19H19N3O5S. The Bertz CT molecular complexity index is 1030. The minimum absolute atomic E-state index is 0.0289. The van der Waals surface area contributed by atoms with Crippen molar-refractivity contribution in [1.82, 2.24) is 4.72 Å². The van der Waals surface area contributed by atoms with Gasteiger partial charge in [0.25, 0.3) is 5.91 Å². The average molecular weight is 401 g/mol. The Labute approximate surface area is 163 Å². The van der Waals surface area contributed by atoms with Gasteiger partial charge in [0.1, 0.15) is 17.6 Å². The minimum atomic E-state index is -3.67. The fraction of sp³-hybridized carbons (Fsp3) is 0.263. The summed E-state index contributed by atoms with van der Waals surface area (Å²) >= 11 is 0. The van der Waals surface area contributed by atoms with Gasteiger partial charge >= 0.3 is 0 Å². The van der Waals surface area contributed by atoms with Gasteiger partial charge in [-0.15, -0.1) is 0 Å². The lowest BCUT2D eigenvalue weighted by molar-refractivity contribution is -0.118. The Morgan fingerprint density at radius 3 is 2.64 bits per heavy atom. The number of para-hydroxylation sites is 1. The van der Waals surface area contributed by atoms with E-state index in [0.29, 0.717) is 11.3 Å². The van der Waals surface area contributed by atoms with Crippen molar-refractivity contribution in [3.8, 4) is 17.6 Å². The highest BCUT2D eigenvalue weighted by Crippen LogP contribution is 2.29. The van der Waals surface area contributed by atoms with Crippen LogP contribution in [0.1, 0.15) is 18.4 Å². The van der Waals surface area contributed by atoms with Gasteiger partial charge in [-0.2, -0.15) is 5.26 Å². The maximum absolute atomic E-state index is 12.4. The third-order valence-corrected chi connectivity index (χ3v) is 5.54. The van der Waals surface area contributed by atoms with Gasteiger partial charge < -0.3 is 14.8 Å². The summed E-state index contributed by atoms with van der Waals surface area (Å²) < 4.78 is 37.9. The van der Waals surface area contributed by atoms with Crippen molar-refractivity contribution >= 4 is 21.6 Å². The van der Waals surface area contributed by atoms with Gasteiger partial charge in [-0.3, -0.25) is 4.79 Å². The first-order valence-electron chi connectivity index (χ1n) is 8.55. The van der Waals surface area contributed by atoms with Crippen LogP contribution in [0.4, 0.5) is 5.69 Å². The van der Waals surface area contributed by atoms with Crippen LogP contribution < -0.4 is 19.5 Å². The predicted octanol–water partition coefficient (Wildman–Crippen LogP) is 2.03. The zero-order valence-electron chi connectivity index (χ0n) is 15.1. The number of benzene rings is 2. The zero-order valence-corrected chi connectivity index (χ0v) is 16.0. The maximum atomic E-state index is 12.4. The van der Waals surface area contributed by atoms with Crippen LogP contribution >= 0.6 is 0 Å². The van der Waals surface area contributed by atoms with Gasteiger partial charge in [0, 0.05) is 6.04 Å². The molecule has 2 aromatic carbocycles. The highest BCUT2D eigenvalue weighted by molar-refractivity contribution is 7.89. The predicted molar refractivity (Wildman–Crippen MR) is 102 cm³/mol. The molecule has 0 saturated heterocycles. The summed E-state index contributed by atoms with van der Waals surface area (Å²) in [6.45, 7) is -0.348. The molecule has 0 radical (unpaired) electrons. The molecule has 28 heavy (non-hydrogen) atoms. The van der Waals surface area contributed by atoms with Crippen LogP contribution in [0.15, 0.2) is 47.4 Å². The first-order valence-corrected chi connectivity index (χ1v) is 10.0. The standard InChI is InChI=1S/C19H19N3O5S/c1-26-18-9-8-15(28(24,25)22-14-6-7-14)10-16(18)21-19(23)12-27-17-5-3-2-4-13(17)11-20/h2-5,8-10,14,22H,6-7,12H2,1H3,(H,21,23). The molecule has 0 atom stereocenters. The Kier molecular flexibility index (Phi) is 5.82. The van der Waals surface area contributed by atoms with E-state index in [1.54, 1.807) is 24.3 Å². The highest BCUT2D eigenvalue weighted by Gasteiger charge is 2.28.